The third-order valence-electron chi connectivity index (χ3n) is 2.51. The number of ether oxygens (including phenoxy) is 1. The van der Waals surface area contributed by atoms with Crippen molar-refractivity contribution >= 4 is 5.97 Å². The van der Waals surface area contributed by atoms with Crippen LogP contribution in [0.15, 0.2) is 0 Å². The van der Waals surface area contributed by atoms with E-state index < -0.39 is 0 Å². The molecular formula is C12H25NO2. The number of hydrogen-bond donors (Lipinski definition) is 0. The van der Waals surface area contributed by atoms with Crippen molar-refractivity contribution in [2.24, 2.45) is 11.8 Å². The molecule has 0 saturated heterocycles. The zero-order chi connectivity index (χ0) is 11.8. The van der Waals surface area contributed by atoms with Gasteiger partial charge in [0.15, 0.2) is 0 Å². The molecule has 0 aromatic rings. The maximum Gasteiger partial charge on any atom is 0.309 e. The molecule has 0 aliphatic carbocycles. The second-order valence-electron chi connectivity index (χ2n) is 4.72. The van der Waals surface area contributed by atoms with Crippen LogP contribution in [0, 0.1) is 11.8 Å². The minimum atomic E-state index is -0.120. The topological polar surface area (TPSA) is 29.5 Å². The fourth-order valence-electron chi connectivity index (χ4n) is 1.60. The monoisotopic (exact) mass is 215 g/mol. The maximum absolute atomic E-state index is 11.2. The molecule has 0 fully saturated rings. The molecule has 0 rings (SSSR count). The lowest BCUT2D eigenvalue weighted by Crippen LogP contribution is -2.30. The van der Waals surface area contributed by atoms with Gasteiger partial charge >= 0.3 is 5.97 Å². The molecule has 0 radical (unpaired) electrons. The molecule has 0 aliphatic rings. The van der Waals surface area contributed by atoms with Crippen molar-refractivity contribution in [2.75, 3.05) is 27.2 Å². The summed E-state index contributed by atoms with van der Waals surface area (Å²) in [4.78, 5) is 13.4. The van der Waals surface area contributed by atoms with Crippen LogP contribution in [0.1, 0.15) is 33.6 Å². The van der Waals surface area contributed by atoms with E-state index in [4.69, 9.17) is 0 Å². The fourth-order valence-corrected chi connectivity index (χ4v) is 1.60. The summed E-state index contributed by atoms with van der Waals surface area (Å²) in [6, 6.07) is 0. The summed E-state index contributed by atoms with van der Waals surface area (Å²) in [6.45, 7) is 8.21. The van der Waals surface area contributed by atoms with E-state index in [0.29, 0.717) is 0 Å². The summed E-state index contributed by atoms with van der Waals surface area (Å²) in [5.74, 6) is 0.612. The Hall–Kier alpha value is -0.570. The Bertz CT molecular complexity index is 180. The maximum atomic E-state index is 11.2. The molecular weight excluding hydrogens is 190 g/mol. The highest BCUT2D eigenvalue weighted by Gasteiger charge is 2.14. The third-order valence-corrected chi connectivity index (χ3v) is 2.51. The van der Waals surface area contributed by atoms with Gasteiger partial charge in [-0.05, 0) is 32.4 Å². The Balaban J connectivity index is 3.64. The van der Waals surface area contributed by atoms with Crippen LogP contribution in [-0.2, 0) is 9.53 Å². The third kappa shape index (κ3) is 7.37. The molecule has 0 N–H and O–H groups in total. The number of nitrogens with zero attached hydrogens (tertiary/aromatic N) is 1. The Morgan fingerprint density at radius 3 is 2.40 bits per heavy atom. The van der Waals surface area contributed by atoms with Crippen LogP contribution >= 0.6 is 0 Å². The highest BCUT2D eigenvalue weighted by molar-refractivity contribution is 5.71. The molecule has 15 heavy (non-hydrogen) atoms. The van der Waals surface area contributed by atoms with E-state index in [1.807, 2.05) is 6.92 Å². The van der Waals surface area contributed by atoms with Crippen molar-refractivity contribution in [3.63, 3.8) is 0 Å². The van der Waals surface area contributed by atoms with Gasteiger partial charge in [0.25, 0.3) is 0 Å². The number of methoxy groups -OCH3 is 1. The van der Waals surface area contributed by atoms with Crippen LogP contribution in [-0.4, -0.2) is 38.1 Å². The lowest BCUT2D eigenvalue weighted by molar-refractivity contribution is -0.145. The zero-order valence-electron chi connectivity index (χ0n) is 10.7. The van der Waals surface area contributed by atoms with Gasteiger partial charge in [-0.25, -0.2) is 0 Å². The second-order valence-corrected chi connectivity index (χ2v) is 4.72. The Morgan fingerprint density at radius 1 is 1.33 bits per heavy atom. The van der Waals surface area contributed by atoms with Crippen molar-refractivity contribution in [3.8, 4) is 0 Å². The highest BCUT2D eigenvalue weighted by Crippen LogP contribution is 2.06. The second kappa shape index (κ2) is 7.69. The summed E-state index contributed by atoms with van der Waals surface area (Å²) in [5.41, 5.74) is 0. The van der Waals surface area contributed by atoms with Crippen molar-refractivity contribution in [1.29, 1.82) is 0 Å². The van der Waals surface area contributed by atoms with Crippen LogP contribution in [0.4, 0.5) is 0 Å². The first-order valence-corrected chi connectivity index (χ1v) is 5.73. The summed E-state index contributed by atoms with van der Waals surface area (Å²) >= 11 is 0. The van der Waals surface area contributed by atoms with Crippen molar-refractivity contribution in [3.05, 3.63) is 0 Å². The molecule has 0 aliphatic heterocycles. The molecule has 3 heteroatoms. The van der Waals surface area contributed by atoms with Gasteiger partial charge in [-0.15, -0.1) is 0 Å². The summed E-state index contributed by atoms with van der Waals surface area (Å²) in [5, 5.41) is 0. The molecule has 0 spiro atoms. The van der Waals surface area contributed by atoms with Gasteiger partial charge in [0.05, 0.1) is 13.0 Å². The molecule has 1 unspecified atom stereocenters. The van der Waals surface area contributed by atoms with Gasteiger partial charge in [0.1, 0.15) is 0 Å². The average Bonchev–Trinajstić information content (AvgIpc) is 2.15. The van der Waals surface area contributed by atoms with Crippen LogP contribution in [0.2, 0.25) is 0 Å². The zero-order valence-corrected chi connectivity index (χ0v) is 10.7. The van der Waals surface area contributed by atoms with Crippen molar-refractivity contribution in [2.45, 2.75) is 33.6 Å². The van der Waals surface area contributed by atoms with Gasteiger partial charge in [-0.3, -0.25) is 4.79 Å². The fraction of sp³-hybridized carbons (Fsp3) is 0.917. The van der Waals surface area contributed by atoms with E-state index >= 15 is 0 Å². The van der Waals surface area contributed by atoms with Crippen molar-refractivity contribution in [1.82, 2.24) is 4.90 Å². The van der Waals surface area contributed by atoms with Gasteiger partial charge < -0.3 is 9.64 Å². The highest BCUT2D eigenvalue weighted by atomic mass is 16.5. The van der Waals surface area contributed by atoms with Crippen LogP contribution in [0.5, 0.6) is 0 Å². The smallest absolute Gasteiger partial charge is 0.309 e. The molecule has 1 atom stereocenters. The molecule has 0 saturated carbocycles. The predicted octanol–water partition coefficient (Wildman–Crippen LogP) is 2.16. The first-order valence-electron chi connectivity index (χ1n) is 5.73. The number of carbonyl (C=O) groups excluding carboxylic acids is 1. The SMILES string of the molecule is COC(=O)C(C)CN(C)CCCC(C)C. The van der Waals surface area contributed by atoms with Crippen molar-refractivity contribution < 1.29 is 9.53 Å². The average molecular weight is 215 g/mol. The van der Waals surface area contributed by atoms with Crippen LogP contribution in [0.3, 0.4) is 0 Å². The number of esters is 1. The number of hydrogen-bond acceptors (Lipinski definition) is 3. The normalized spacial score (nSPS) is 13.3. The van der Waals surface area contributed by atoms with Crippen LogP contribution in [0.25, 0.3) is 0 Å². The minimum Gasteiger partial charge on any atom is -0.469 e. The number of rotatable bonds is 7. The minimum absolute atomic E-state index is 0.0287. The summed E-state index contributed by atoms with van der Waals surface area (Å²) in [7, 11) is 3.50. The van der Waals surface area contributed by atoms with E-state index in [2.05, 4.69) is 30.5 Å². The predicted molar refractivity (Wildman–Crippen MR) is 62.7 cm³/mol. The lowest BCUT2D eigenvalue weighted by atomic mass is 10.1. The van der Waals surface area contributed by atoms with E-state index in [0.717, 1.165) is 19.0 Å². The van der Waals surface area contributed by atoms with Gasteiger partial charge in [0.2, 0.25) is 0 Å². The largest absolute Gasteiger partial charge is 0.469 e. The quantitative estimate of drug-likeness (QED) is 0.610. The first-order chi connectivity index (χ1) is 6.97. The molecule has 0 amide bonds. The molecule has 0 heterocycles. The van der Waals surface area contributed by atoms with E-state index in [1.54, 1.807) is 0 Å². The number of carbonyl (C=O) groups is 1. The Labute approximate surface area is 93.8 Å². The van der Waals surface area contributed by atoms with Crippen LogP contribution < -0.4 is 0 Å². The Morgan fingerprint density at radius 2 is 1.93 bits per heavy atom. The van der Waals surface area contributed by atoms with Gasteiger partial charge in [0, 0.05) is 6.54 Å². The van der Waals surface area contributed by atoms with Gasteiger partial charge in [-0.1, -0.05) is 20.8 Å². The standard InChI is InChI=1S/C12H25NO2/c1-10(2)7-6-8-13(4)9-11(3)12(14)15-5/h10-11H,6-9H2,1-5H3. The molecule has 90 valence electrons. The van der Waals surface area contributed by atoms with E-state index in [9.17, 15) is 4.79 Å². The first kappa shape index (κ1) is 14.4. The summed E-state index contributed by atoms with van der Waals surface area (Å²) < 4.78 is 4.69. The molecule has 0 bridgehead atoms. The lowest BCUT2D eigenvalue weighted by Gasteiger charge is -2.20. The van der Waals surface area contributed by atoms with E-state index in [-0.39, 0.29) is 11.9 Å². The summed E-state index contributed by atoms with van der Waals surface area (Å²) in [6.07, 6.45) is 2.44. The van der Waals surface area contributed by atoms with Gasteiger partial charge in [-0.2, -0.15) is 0 Å². The Kier molecular flexibility index (Phi) is 7.39. The molecule has 0 aromatic carbocycles. The van der Waals surface area contributed by atoms with E-state index in [1.165, 1.54) is 20.0 Å². The molecule has 0 aromatic heterocycles. The molecule has 3 nitrogen and oxygen atoms in total.